The minimum absolute atomic E-state index is 0.121. The second-order valence-corrected chi connectivity index (χ2v) is 19.1. The third-order valence-electron chi connectivity index (χ3n) is 11.9. The van der Waals surface area contributed by atoms with Gasteiger partial charge in [0.2, 0.25) is 11.9 Å². The van der Waals surface area contributed by atoms with Crippen molar-refractivity contribution in [2.45, 2.75) is 115 Å². The maximum Gasteiger partial charge on any atom is 0.432 e. The minimum Gasteiger partial charge on any atom is -0.496 e. The van der Waals surface area contributed by atoms with Gasteiger partial charge < -0.3 is 52.3 Å². The number of fused-ring (bicyclic) bond motifs is 2. The number of nitrogen functional groups attached to an aromatic ring is 2. The third kappa shape index (κ3) is 12.6. The van der Waals surface area contributed by atoms with E-state index in [4.69, 9.17) is 54.7 Å². The molecule has 0 unspecified atom stereocenters. The molecule has 5 heterocycles. The van der Waals surface area contributed by atoms with Crippen LogP contribution in [-0.2, 0) is 45.4 Å². The lowest BCUT2D eigenvalue weighted by molar-refractivity contribution is -0.171. The fourth-order valence-corrected chi connectivity index (χ4v) is 9.25. The van der Waals surface area contributed by atoms with Crippen LogP contribution in [0.3, 0.4) is 0 Å². The molecule has 2 aromatic carbocycles. The molecule has 3 saturated carbocycles. The number of ether oxygens (including phenoxy) is 2. The first-order chi connectivity index (χ1) is 32.6. The second kappa shape index (κ2) is 23.0. The molecule has 1 saturated heterocycles. The summed E-state index contributed by atoms with van der Waals surface area (Å²) in [5, 5.41) is 11.8. The molecule has 4 fully saturated rings. The Kier molecular flexibility index (Phi) is 17.2. The van der Waals surface area contributed by atoms with Gasteiger partial charge in [-0.3, -0.25) is 9.59 Å². The summed E-state index contributed by atoms with van der Waals surface area (Å²) in [6.07, 6.45) is 9.02. The summed E-state index contributed by atoms with van der Waals surface area (Å²) in [5.74, 6) is 0.790. The van der Waals surface area contributed by atoms with Crippen molar-refractivity contribution in [3.05, 3.63) is 65.8 Å². The number of carbonyl (C=O) groups excluding carboxylic acids is 4. The van der Waals surface area contributed by atoms with Gasteiger partial charge in [0.15, 0.2) is 0 Å². The largest absolute Gasteiger partial charge is 0.496 e. The van der Waals surface area contributed by atoms with Crippen LogP contribution in [0.1, 0.15) is 93.1 Å². The van der Waals surface area contributed by atoms with E-state index in [0.717, 1.165) is 75.5 Å². The Balaban J connectivity index is 0.000000149. The van der Waals surface area contributed by atoms with E-state index in [1.54, 1.807) is 37.5 Å². The number of rotatable bonds is 8. The number of imide groups is 1. The molecule has 68 heavy (non-hydrogen) atoms. The van der Waals surface area contributed by atoms with Gasteiger partial charge in [-0.1, -0.05) is 29.6 Å². The summed E-state index contributed by atoms with van der Waals surface area (Å²) < 4.78 is 12.2. The quantitative estimate of drug-likeness (QED) is 0.0949. The van der Waals surface area contributed by atoms with Crippen LogP contribution in [0, 0.1) is 0 Å². The number of methoxy groups -OCH3 is 2. The van der Waals surface area contributed by atoms with E-state index in [9.17, 15) is 19.2 Å². The Bertz CT molecular complexity index is 2530. The van der Waals surface area contributed by atoms with Crippen LogP contribution in [0.4, 0.5) is 21.5 Å². The van der Waals surface area contributed by atoms with Crippen LogP contribution in [0.25, 0.3) is 22.5 Å². The fraction of sp³-hybridized carbons (Fsp3) is 0.455. The summed E-state index contributed by atoms with van der Waals surface area (Å²) in [4.78, 5) is 72.8. The zero-order valence-electron chi connectivity index (χ0n) is 37.3. The summed E-state index contributed by atoms with van der Waals surface area (Å²) in [5.41, 5.74) is 23.4. The molecule has 4 amide bonds. The smallest absolute Gasteiger partial charge is 0.432 e. The molecule has 3 aliphatic heterocycles. The van der Waals surface area contributed by atoms with Gasteiger partial charge in [-0.15, -0.1) is 10.1 Å². The molecule has 4 aromatic rings. The van der Waals surface area contributed by atoms with Crippen LogP contribution in [0.5, 0.6) is 11.5 Å². The number of amides is 4. The number of aromatic nitrogens is 4. The number of nitrogens with two attached hydrogens (primary N) is 3. The van der Waals surface area contributed by atoms with E-state index >= 15 is 0 Å². The molecule has 0 radical (unpaired) electrons. The van der Waals surface area contributed by atoms with Crippen LogP contribution < -0.4 is 42.6 Å². The summed E-state index contributed by atoms with van der Waals surface area (Å²) >= 11 is 19.6. The van der Waals surface area contributed by atoms with Gasteiger partial charge in [-0.2, -0.15) is 0 Å². The number of hydroxylamine groups is 4. The first-order valence-corrected chi connectivity index (χ1v) is 24.4. The second-order valence-electron chi connectivity index (χ2n) is 16.6. The van der Waals surface area contributed by atoms with Crippen molar-refractivity contribution in [1.29, 1.82) is 0 Å². The number of hydrogen-bond acceptors (Lipinski definition) is 17. The maximum atomic E-state index is 12.1. The molecule has 0 spiro atoms. The van der Waals surface area contributed by atoms with Gasteiger partial charge in [-0.05, 0) is 107 Å². The lowest BCUT2D eigenvalue weighted by Gasteiger charge is -2.26. The molecule has 2 aromatic heterocycles. The number of anilines is 2. The summed E-state index contributed by atoms with van der Waals surface area (Å²) in [6.45, 7) is 2.08. The number of nitrogens with zero attached hydrogens (tertiary/aromatic N) is 6. The van der Waals surface area contributed by atoms with Crippen molar-refractivity contribution in [3.63, 3.8) is 0 Å². The topological polar surface area (TPSA) is 277 Å². The average molecular weight is 1110 g/mol. The van der Waals surface area contributed by atoms with Gasteiger partial charge in [0.05, 0.1) is 69.1 Å². The molecule has 20 nitrogen and oxygen atoms in total. The summed E-state index contributed by atoms with van der Waals surface area (Å²) in [6, 6.07) is 8.09. The Morgan fingerprint density at radius 1 is 0.691 bits per heavy atom. The number of benzene rings is 2. The SMILES string of the molecule is COc1cc(-c2nc(N)nc3c2CN(OC(=O)NC2CCC2)C3)c(Cl)cc1Br.COc1cc(-c2nc(N)nc3c2CNC3)c(Cl)cc1Br.NC1CCC1.O=C(NC1CCC1)ON1C(=O)CCC1=O. The first-order valence-electron chi connectivity index (χ1n) is 22.0. The third-order valence-corrected chi connectivity index (χ3v) is 13.7. The van der Waals surface area contributed by atoms with Crippen molar-refractivity contribution in [1.82, 2.24) is 46.0 Å². The number of nitrogens with one attached hydrogen (secondary N) is 3. The van der Waals surface area contributed by atoms with Gasteiger partial charge in [0.1, 0.15) is 11.5 Å². The normalized spacial score (nSPS) is 17.3. The van der Waals surface area contributed by atoms with Crippen LogP contribution >= 0.6 is 55.1 Å². The molecule has 3 aliphatic carbocycles. The zero-order chi connectivity index (χ0) is 48.6. The zero-order valence-corrected chi connectivity index (χ0v) is 42.0. The van der Waals surface area contributed by atoms with Crippen molar-refractivity contribution < 1.29 is 38.3 Å². The monoisotopic (exact) mass is 1100 g/mol. The lowest BCUT2D eigenvalue weighted by Crippen LogP contribution is -2.43. The van der Waals surface area contributed by atoms with Crippen LogP contribution in [0.15, 0.2) is 33.2 Å². The van der Waals surface area contributed by atoms with E-state index in [1.165, 1.54) is 19.3 Å². The fourth-order valence-electron chi connectivity index (χ4n) is 7.47. The van der Waals surface area contributed by atoms with Gasteiger partial charge >= 0.3 is 12.2 Å². The molecule has 0 atom stereocenters. The highest BCUT2D eigenvalue weighted by molar-refractivity contribution is 9.11. The number of carbonyl (C=O) groups is 4. The van der Waals surface area contributed by atoms with Crippen molar-refractivity contribution in [2.24, 2.45) is 5.73 Å². The van der Waals surface area contributed by atoms with Crippen LogP contribution in [-0.4, -0.2) is 86.4 Å². The van der Waals surface area contributed by atoms with Crippen molar-refractivity contribution >= 4 is 91.0 Å². The molecular weight excluding hydrogens is 1060 g/mol. The predicted octanol–water partition coefficient (Wildman–Crippen LogP) is 7.24. The Hall–Kier alpha value is -5.10. The average Bonchev–Trinajstić information content (AvgIpc) is 3.98. The Labute approximate surface area is 419 Å². The predicted molar refractivity (Wildman–Crippen MR) is 260 cm³/mol. The van der Waals surface area contributed by atoms with Gasteiger partial charge in [0.25, 0.3) is 11.8 Å². The Morgan fingerprint density at radius 3 is 1.62 bits per heavy atom. The molecule has 0 bridgehead atoms. The molecule has 6 aliphatic rings. The van der Waals surface area contributed by atoms with E-state index in [0.29, 0.717) is 75.8 Å². The number of halogens is 4. The van der Waals surface area contributed by atoms with Gasteiger partial charge in [-0.25, -0.2) is 29.5 Å². The maximum absolute atomic E-state index is 12.1. The van der Waals surface area contributed by atoms with Crippen LogP contribution in [0.2, 0.25) is 10.0 Å². The van der Waals surface area contributed by atoms with Crippen molar-refractivity contribution in [3.8, 4) is 34.0 Å². The lowest BCUT2D eigenvalue weighted by atomic mass is 9.93. The van der Waals surface area contributed by atoms with E-state index in [-0.39, 0.29) is 36.8 Å². The standard InChI is InChI=1S/C18H19BrClN5O3.C13H12BrClN4O.C9H12N2O4.C4H9N/c1-27-15-5-10(13(20)6-12(15)19)16-11-7-25(8-14(11)23-17(21)24-16)28-18(26)22-9-3-2-4-9;1-20-11-2-6(9(15)3-8(11)14)12-7-4-17-5-10(7)18-13(16)19-12;12-7-4-5-8(13)11(7)15-9(14)10-6-2-1-3-6;5-4-2-1-3-4/h5-6,9H,2-4,7-8H2,1H3,(H,22,26)(H2,21,23,24);2-3,17H,4-5H2,1H3,(H2,16,18,19);6H,1-5H2,(H,10,14);4H,1-3,5H2. The van der Waals surface area contributed by atoms with Crippen molar-refractivity contribution in [2.75, 3.05) is 25.7 Å². The Morgan fingerprint density at radius 2 is 1.16 bits per heavy atom. The van der Waals surface area contributed by atoms with E-state index in [2.05, 4.69) is 72.6 Å². The molecule has 9 N–H and O–H groups in total. The first kappa shape index (κ1) is 50.8. The number of hydrogen-bond donors (Lipinski definition) is 6. The minimum atomic E-state index is -0.719. The molecule has 10 rings (SSSR count). The molecule has 24 heteroatoms. The summed E-state index contributed by atoms with van der Waals surface area (Å²) in [7, 11) is 3.19. The molecular formula is C44H52Br2Cl2N12O8. The molecule has 364 valence electrons. The highest BCUT2D eigenvalue weighted by Crippen LogP contribution is 2.41. The highest BCUT2D eigenvalue weighted by Gasteiger charge is 2.34. The van der Waals surface area contributed by atoms with E-state index < -0.39 is 24.0 Å². The van der Waals surface area contributed by atoms with E-state index in [1.807, 2.05) is 6.07 Å². The van der Waals surface area contributed by atoms with Gasteiger partial charge in [0, 0.05) is 66.3 Å². The highest BCUT2D eigenvalue weighted by atomic mass is 79.9.